The maximum Gasteiger partial charge on any atom is 0.254 e. The quantitative estimate of drug-likeness (QED) is 0.734. The first-order valence-corrected chi connectivity index (χ1v) is 7.80. The molecule has 3 aromatic rings. The van der Waals surface area contributed by atoms with Crippen molar-refractivity contribution in [1.82, 2.24) is 29.7 Å². The Morgan fingerprint density at radius 2 is 2.30 bits per heavy atom. The van der Waals surface area contributed by atoms with Gasteiger partial charge in [-0.2, -0.15) is 5.10 Å². The van der Waals surface area contributed by atoms with Crippen LogP contribution >= 0.6 is 0 Å². The van der Waals surface area contributed by atoms with Crippen LogP contribution in [0.5, 0.6) is 0 Å². The van der Waals surface area contributed by atoms with Crippen LogP contribution in [0.2, 0.25) is 0 Å². The zero-order valence-corrected chi connectivity index (χ0v) is 13.0. The molecule has 2 aromatic heterocycles. The van der Waals surface area contributed by atoms with Gasteiger partial charge in [0.1, 0.15) is 5.52 Å². The van der Waals surface area contributed by atoms with Crippen LogP contribution in [-0.2, 0) is 13.6 Å². The Morgan fingerprint density at radius 1 is 1.39 bits per heavy atom. The first kappa shape index (κ1) is 13.9. The van der Waals surface area contributed by atoms with Crippen molar-refractivity contribution >= 4 is 16.9 Å². The number of rotatable bonds is 3. The number of amides is 1. The Morgan fingerprint density at radius 3 is 3.13 bits per heavy atom. The van der Waals surface area contributed by atoms with Gasteiger partial charge in [-0.05, 0) is 37.1 Å². The molecule has 1 fully saturated rings. The first-order chi connectivity index (χ1) is 11.2. The van der Waals surface area contributed by atoms with Crippen molar-refractivity contribution in [2.45, 2.75) is 25.4 Å². The highest BCUT2D eigenvalue weighted by atomic mass is 16.2. The van der Waals surface area contributed by atoms with Crippen LogP contribution in [0.3, 0.4) is 0 Å². The Balaban J connectivity index is 1.58. The molecule has 0 saturated carbocycles. The Bertz CT molecular complexity index is 838. The molecule has 1 saturated heterocycles. The lowest BCUT2D eigenvalue weighted by molar-refractivity contribution is 0.0722. The number of carbonyl (C=O) groups is 1. The lowest BCUT2D eigenvalue weighted by Gasteiger charge is -2.24. The molecule has 7 nitrogen and oxygen atoms in total. The molecule has 0 aliphatic carbocycles. The molecule has 1 atom stereocenters. The summed E-state index contributed by atoms with van der Waals surface area (Å²) in [7, 11) is 1.84. The van der Waals surface area contributed by atoms with Gasteiger partial charge < -0.3 is 4.90 Å². The van der Waals surface area contributed by atoms with Crippen LogP contribution in [0.1, 0.15) is 23.2 Å². The fraction of sp³-hybridized carbons (Fsp3) is 0.375. The second-order valence-electron chi connectivity index (χ2n) is 5.94. The van der Waals surface area contributed by atoms with Crippen LogP contribution in [0.25, 0.3) is 11.0 Å². The van der Waals surface area contributed by atoms with E-state index in [9.17, 15) is 4.79 Å². The third kappa shape index (κ3) is 2.48. The van der Waals surface area contributed by atoms with Crippen LogP contribution in [0.15, 0.2) is 36.7 Å². The van der Waals surface area contributed by atoms with E-state index < -0.39 is 0 Å². The minimum absolute atomic E-state index is 0.0622. The zero-order chi connectivity index (χ0) is 15.8. The highest BCUT2D eigenvalue weighted by molar-refractivity contribution is 5.97. The summed E-state index contributed by atoms with van der Waals surface area (Å²) in [6.45, 7) is 1.54. The number of carbonyl (C=O) groups excluding carboxylic acids is 1. The molecule has 23 heavy (non-hydrogen) atoms. The van der Waals surface area contributed by atoms with E-state index in [0.717, 1.165) is 37.0 Å². The SMILES string of the molecule is Cn1nnc2cc(C(=O)N3CCCC3Cn3cccn3)ccc21. The number of likely N-dealkylation sites (tertiary alicyclic amines) is 1. The molecular formula is C16H18N6O. The van der Waals surface area contributed by atoms with Crippen molar-refractivity contribution in [3.05, 3.63) is 42.2 Å². The van der Waals surface area contributed by atoms with Gasteiger partial charge in [0.05, 0.1) is 18.1 Å². The fourth-order valence-electron chi connectivity index (χ4n) is 3.26. The maximum atomic E-state index is 12.9. The number of fused-ring (bicyclic) bond motifs is 1. The van der Waals surface area contributed by atoms with Gasteiger partial charge in [-0.3, -0.25) is 9.48 Å². The molecule has 1 aliphatic heterocycles. The summed E-state index contributed by atoms with van der Waals surface area (Å²) in [5, 5.41) is 12.3. The van der Waals surface area contributed by atoms with E-state index in [2.05, 4.69) is 15.4 Å². The van der Waals surface area contributed by atoms with Crippen molar-refractivity contribution < 1.29 is 4.79 Å². The number of nitrogens with zero attached hydrogens (tertiary/aromatic N) is 6. The number of benzene rings is 1. The topological polar surface area (TPSA) is 68.8 Å². The molecule has 1 unspecified atom stereocenters. The van der Waals surface area contributed by atoms with E-state index >= 15 is 0 Å². The summed E-state index contributed by atoms with van der Waals surface area (Å²) in [5.41, 5.74) is 2.35. The van der Waals surface area contributed by atoms with E-state index in [0.29, 0.717) is 5.56 Å². The third-order valence-corrected chi connectivity index (χ3v) is 4.45. The van der Waals surface area contributed by atoms with Crippen LogP contribution in [0.4, 0.5) is 0 Å². The number of hydrogen-bond acceptors (Lipinski definition) is 4. The minimum Gasteiger partial charge on any atom is -0.334 e. The Hall–Kier alpha value is -2.70. The molecule has 118 valence electrons. The molecule has 3 heterocycles. The van der Waals surface area contributed by atoms with Crippen LogP contribution in [-0.4, -0.2) is 48.2 Å². The van der Waals surface area contributed by atoms with Gasteiger partial charge in [-0.1, -0.05) is 5.21 Å². The standard InChI is InChI=1S/C16H18N6O/c1-20-15-6-5-12(10-14(15)18-19-20)16(23)22-9-2-4-13(22)11-21-8-3-7-17-21/h3,5-8,10,13H,2,4,9,11H2,1H3. The zero-order valence-electron chi connectivity index (χ0n) is 13.0. The van der Waals surface area contributed by atoms with Crippen LogP contribution in [0, 0.1) is 0 Å². The predicted molar refractivity (Wildman–Crippen MR) is 84.8 cm³/mol. The average molecular weight is 310 g/mol. The molecule has 0 N–H and O–H groups in total. The normalized spacial score (nSPS) is 18.0. The molecule has 7 heteroatoms. The summed E-state index contributed by atoms with van der Waals surface area (Å²) >= 11 is 0. The van der Waals surface area contributed by atoms with Gasteiger partial charge in [0, 0.05) is 31.5 Å². The molecular weight excluding hydrogens is 292 g/mol. The van der Waals surface area contributed by atoms with Gasteiger partial charge in [-0.25, -0.2) is 4.68 Å². The Kier molecular flexibility index (Phi) is 3.33. The third-order valence-electron chi connectivity index (χ3n) is 4.45. The summed E-state index contributed by atoms with van der Waals surface area (Å²) < 4.78 is 3.60. The van der Waals surface area contributed by atoms with E-state index in [4.69, 9.17) is 0 Å². The van der Waals surface area contributed by atoms with Gasteiger partial charge in [-0.15, -0.1) is 5.10 Å². The highest BCUT2D eigenvalue weighted by Crippen LogP contribution is 2.22. The van der Waals surface area contributed by atoms with Crippen molar-refractivity contribution in [3.8, 4) is 0 Å². The average Bonchev–Trinajstić information content (AvgIpc) is 3.29. The van der Waals surface area contributed by atoms with E-state index in [1.807, 2.05) is 47.1 Å². The van der Waals surface area contributed by atoms with E-state index in [1.54, 1.807) is 10.9 Å². The highest BCUT2D eigenvalue weighted by Gasteiger charge is 2.30. The van der Waals surface area contributed by atoms with E-state index in [1.165, 1.54) is 0 Å². The lowest BCUT2D eigenvalue weighted by atomic mass is 10.1. The summed E-state index contributed by atoms with van der Waals surface area (Å²) in [5.74, 6) is 0.0622. The summed E-state index contributed by atoms with van der Waals surface area (Å²) in [4.78, 5) is 14.8. The van der Waals surface area contributed by atoms with Gasteiger partial charge in [0.2, 0.25) is 0 Å². The minimum atomic E-state index is 0.0622. The largest absolute Gasteiger partial charge is 0.334 e. The van der Waals surface area contributed by atoms with Gasteiger partial charge in [0.15, 0.2) is 0 Å². The van der Waals surface area contributed by atoms with E-state index in [-0.39, 0.29) is 11.9 Å². The van der Waals surface area contributed by atoms with Crippen molar-refractivity contribution in [2.24, 2.45) is 7.05 Å². The van der Waals surface area contributed by atoms with Crippen LogP contribution < -0.4 is 0 Å². The second-order valence-corrected chi connectivity index (χ2v) is 5.94. The lowest BCUT2D eigenvalue weighted by Crippen LogP contribution is -2.38. The summed E-state index contributed by atoms with van der Waals surface area (Å²) in [6.07, 6.45) is 5.75. The molecule has 0 spiro atoms. The van der Waals surface area contributed by atoms with Crippen molar-refractivity contribution in [2.75, 3.05) is 6.54 Å². The monoisotopic (exact) mass is 310 g/mol. The Labute approximate surface area is 133 Å². The molecule has 1 aromatic carbocycles. The van der Waals surface area contributed by atoms with Gasteiger partial charge in [0.25, 0.3) is 5.91 Å². The molecule has 1 amide bonds. The van der Waals surface area contributed by atoms with Crippen molar-refractivity contribution in [3.63, 3.8) is 0 Å². The molecule has 0 bridgehead atoms. The number of aromatic nitrogens is 5. The molecule has 1 aliphatic rings. The number of aryl methyl sites for hydroxylation is 1. The smallest absolute Gasteiger partial charge is 0.254 e. The predicted octanol–water partition coefficient (Wildman–Crippen LogP) is 1.47. The second kappa shape index (κ2) is 5.49. The molecule has 4 rings (SSSR count). The fourth-order valence-corrected chi connectivity index (χ4v) is 3.26. The first-order valence-electron chi connectivity index (χ1n) is 7.80. The van der Waals surface area contributed by atoms with Crippen molar-refractivity contribution in [1.29, 1.82) is 0 Å². The number of hydrogen-bond donors (Lipinski definition) is 0. The maximum absolute atomic E-state index is 12.9. The van der Waals surface area contributed by atoms with Gasteiger partial charge >= 0.3 is 0 Å². The summed E-state index contributed by atoms with van der Waals surface area (Å²) in [6, 6.07) is 7.69. The molecule has 0 radical (unpaired) electrons.